The second-order valence-electron chi connectivity index (χ2n) is 7.11. The lowest BCUT2D eigenvalue weighted by molar-refractivity contribution is -0.140. The number of ketones is 1. The molecule has 0 spiro atoms. The number of rotatable bonds is 4. The van der Waals surface area contributed by atoms with Gasteiger partial charge in [0.05, 0.1) is 11.6 Å². The van der Waals surface area contributed by atoms with Gasteiger partial charge in [0.15, 0.2) is 0 Å². The molecule has 0 aromatic heterocycles. The molecule has 1 N–H and O–H groups in total. The molecule has 4 nitrogen and oxygen atoms in total. The summed E-state index contributed by atoms with van der Waals surface area (Å²) in [6.07, 6.45) is 0. The van der Waals surface area contributed by atoms with Crippen LogP contribution in [-0.2, 0) is 16.1 Å². The van der Waals surface area contributed by atoms with Gasteiger partial charge in [0.1, 0.15) is 23.2 Å². The van der Waals surface area contributed by atoms with Gasteiger partial charge in [0, 0.05) is 12.1 Å². The van der Waals surface area contributed by atoms with Crippen LogP contribution in [-0.4, -0.2) is 21.7 Å². The van der Waals surface area contributed by atoms with Gasteiger partial charge in [-0.05, 0) is 59.7 Å². The van der Waals surface area contributed by atoms with E-state index in [9.17, 15) is 27.9 Å². The summed E-state index contributed by atoms with van der Waals surface area (Å²) in [5.74, 6) is -3.71. The summed E-state index contributed by atoms with van der Waals surface area (Å²) in [5.41, 5.74) is 0.946. The molecular formula is C24H16F3NO3. The molecule has 0 aliphatic carbocycles. The minimum atomic E-state index is -1.00. The van der Waals surface area contributed by atoms with Gasteiger partial charge in [-0.2, -0.15) is 0 Å². The van der Waals surface area contributed by atoms with Gasteiger partial charge < -0.3 is 10.0 Å². The van der Waals surface area contributed by atoms with Crippen molar-refractivity contribution in [3.05, 3.63) is 113 Å². The van der Waals surface area contributed by atoms with Gasteiger partial charge in [-0.25, -0.2) is 13.2 Å². The number of benzene rings is 3. The molecule has 7 heteroatoms. The lowest BCUT2D eigenvalue weighted by Crippen LogP contribution is -2.29. The average Bonchev–Trinajstić information content (AvgIpc) is 3.01. The normalized spacial score (nSPS) is 17.9. The molecule has 3 aromatic carbocycles. The Kier molecular flexibility index (Phi) is 5.33. The van der Waals surface area contributed by atoms with Gasteiger partial charge in [-0.3, -0.25) is 9.59 Å². The first-order valence-electron chi connectivity index (χ1n) is 9.39. The molecule has 1 unspecified atom stereocenters. The van der Waals surface area contributed by atoms with Crippen LogP contribution in [0.1, 0.15) is 22.7 Å². The minimum absolute atomic E-state index is 0.0346. The third-order valence-corrected chi connectivity index (χ3v) is 5.11. The number of hydrogen-bond donors (Lipinski definition) is 1. The highest BCUT2D eigenvalue weighted by atomic mass is 19.1. The summed E-state index contributed by atoms with van der Waals surface area (Å²) in [6.45, 7) is -0.0346. The third-order valence-electron chi connectivity index (χ3n) is 5.11. The molecule has 156 valence electrons. The summed E-state index contributed by atoms with van der Waals surface area (Å²) in [6, 6.07) is 14.5. The molecule has 0 saturated carbocycles. The summed E-state index contributed by atoms with van der Waals surface area (Å²) < 4.78 is 40.0. The van der Waals surface area contributed by atoms with Crippen LogP contribution < -0.4 is 0 Å². The summed E-state index contributed by atoms with van der Waals surface area (Å²) in [5, 5.41) is 10.8. The van der Waals surface area contributed by atoms with E-state index in [2.05, 4.69) is 0 Å². The molecule has 1 atom stereocenters. The molecule has 1 saturated heterocycles. The zero-order valence-corrected chi connectivity index (χ0v) is 16.1. The van der Waals surface area contributed by atoms with Crippen LogP contribution in [0.3, 0.4) is 0 Å². The maximum Gasteiger partial charge on any atom is 0.295 e. The molecule has 1 fully saturated rings. The predicted octanol–water partition coefficient (Wildman–Crippen LogP) is 4.73. The number of aliphatic hydroxyl groups excluding tert-OH is 1. The number of nitrogens with zero attached hydrogens (tertiary/aromatic N) is 1. The van der Waals surface area contributed by atoms with Crippen LogP contribution in [0.2, 0.25) is 0 Å². The topological polar surface area (TPSA) is 57.6 Å². The number of carbonyl (C=O) groups excluding carboxylic acids is 2. The molecule has 1 heterocycles. The van der Waals surface area contributed by atoms with Crippen molar-refractivity contribution in [1.29, 1.82) is 0 Å². The van der Waals surface area contributed by atoms with Crippen LogP contribution in [0.4, 0.5) is 13.2 Å². The van der Waals surface area contributed by atoms with Crippen molar-refractivity contribution >= 4 is 17.4 Å². The standard InChI is InChI=1S/C24H16F3NO3/c25-17-7-1-14(2-8-17)13-28-21(15-3-9-18(26)10-4-15)20(23(30)24(28)31)22(29)16-5-11-19(27)12-6-16/h1-12,21,29H,13H2/b22-20-. The summed E-state index contributed by atoms with van der Waals surface area (Å²) in [4.78, 5) is 27.0. The second kappa shape index (κ2) is 8.10. The van der Waals surface area contributed by atoms with E-state index < -0.39 is 40.9 Å². The van der Waals surface area contributed by atoms with E-state index in [1.807, 2.05) is 0 Å². The van der Waals surface area contributed by atoms with Crippen LogP contribution in [0.25, 0.3) is 5.76 Å². The fourth-order valence-corrected chi connectivity index (χ4v) is 3.58. The van der Waals surface area contributed by atoms with Crippen molar-refractivity contribution in [2.75, 3.05) is 0 Å². The predicted molar refractivity (Wildman–Crippen MR) is 107 cm³/mol. The number of hydrogen-bond acceptors (Lipinski definition) is 3. The Morgan fingerprint density at radius 1 is 0.774 bits per heavy atom. The first-order valence-corrected chi connectivity index (χ1v) is 9.39. The first kappa shape index (κ1) is 20.4. The second-order valence-corrected chi connectivity index (χ2v) is 7.11. The summed E-state index contributed by atoms with van der Waals surface area (Å²) >= 11 is 0. The Morgan fingerprint density at radius 3 is 1.81 bits per heavy atom. The molecule has 1 amide bonds. The maximum atomic E-state index is 13.5. The first-order chi connectivity index (χ1) is 14.8. The molecule has 1 aliphatic heterocycles. The molecule has 0 bridgehead atoms. The van der Waals surface area contributed by atoms with E-state index in [0.29, 0.717) is 11.1 Å². The van der Waals surface area contributed by atoms with Crippen LogP contribution >= 0.6 is 0 Å². The Labute approximate surface area is 175 Å². The van der Waals surface area contributed by atoms with Crippen LogP contribution in [0, 0.1) is 17.5 Å². The number of Topliss-reactive ketones (excluding diaryl/α,β-unsaturated/α-hetero) is 1. The van der Waals surface area contributed by atoms with E-state index in [1.165, 1.54) is 65.6 Å². The number of likely N-dealkylation sites (tertiary alicyclic amines) is 1. The van der Waals surface area contributed by atoms with Crippen molar-refractivity contribution in [3.63, 3.8) is 0 Å². The van der Waals surface area contributed by atoms with Crippen molar-refractivity contribution < 1.29 is 27.9 Å². The van der Waals surface area contributed by atoms with E-state index in [0.717, 1.165) is 12.1 Å². The van der Waals surface area contributed by atoms with Crippen molar-refractivity contribution in [3.8, 4) is 0 Å². The van der Waals surface area contributed by atoms with E-state index in [1.54, 1.807) is 0 Å². The monoisotopic (exact) mass is 423 g/mol. The largest absolute Gasteiger partial charge is 0.507 e. The molecule has 31 heavy (non-hydrogen) atoms. The van der Waals surface area contributed by atoms with E-state index >= 15 is 0 Å². The molecule has 3 aromatic rings. The molecule has 0 radical (unpaired) electrons. The fourth-order valence-electron chi connectivity index (χ4n) is 3.58. The zero-order chi connectivity index (χ0) is 22.1. The highest BCUT2D eigenvalue weighted by Crippen LogP contribution is 2.40. The SMILES string of the molecule is O=C1C(=O)N(Cc2ccc(F)cc2)C(c2ccc(F)cc2)/C1=C(/O)c1ccc(F)cc1. The van der Waals surface area contributed by atoms with Gasteiger partial charge >= 0.3 is 0 Å². The Balaban J connectivity index is 1.84. The lowest BCUT2D eigenvalue weighted by Gasteiger charge is -2.25. The van der Waals surface area contributed by atoms with Gasteiger partial charge in [-0.15, -0.1) is 0 Å². The zero-order valence-electron chi connectivity index (χ0n) is 16.1. The van der Waals surface area contributed by atoms with E-state index in [4.69, 9.17) is 0 Å². The maximum absolute atomic E-state index is 13.5. The smallest absolute Gasteiger partial charge is 0.295 e. The lowest BCUT2D eigenvalue weighted by atomic mass is 9.95. The van der Waals surface area contributed by atoms with Gasteiger partial charge in [0.2, 0.25) is 0 Å². The number of amides is 1. The Morgan fingerprint density at radius 2 is 1.26 bits per heavy atom. The van der Waals surface area contributed by atoms with Crippen molar-refractivity contribution in [1.82, 2.24) is 4.90 Å². The van der Waals surface area contributed by atoms with Gasteiger partial charge in [0.25, 0.3) is 11.7 Å². The number of aliphatic hydroxyl groups is 1. The highest BCUT2D eigenvalue weighted by molar-refractivity contribution is 6.46. The van der Waals surface area contributed by atoms with Gasteiger partial charge in [-0.1, -0.05) is 24.3 Å². The molecule has 1 aliphatic rings. The number of carbonyl (C=O) groups is 2. The highest BCUT2D eigenvalue weighted by Gasteiger charge is 2.46. The third kappa shape index (κ3) is 3.94. The average molecular weight is 423 g/mol. The quantitative estimate of drug-likeness (QED) is 0.375. The van der Waals surface area contributed by atoms with E-state index in [-0.39, 0.29) is 17.7 Å². The Hall–Kier alpha value is -3.87. The number of halogens is 3. The molecular weight excluding hydrogens is 407 g/mol. The fraction of sp³-hybridized carbons (Fsp3) is 0.0833. The minimum Gasteiger partial charge on any atom is -0.507 e. The van der Waals surface area contributed by atoms with Crippen molar-refractivity contribution in [2.45, 2.75) is 12.6 Å². The molecule has 4 rings (SSSR count). The van der Waals surface area contributed by atoms with Crippen LogP contribution in [0.15, 0.2) is 78.4 Å². The summed E-state index contributed by atoms with van der Waals surface area (Å²) in [7, 11) is 0. The van der Waals surface area contributed by atoms with Crippen LogP contribution in [0.5, 0.6) is 0 Å². The Bertz CT molecular complexity index is 1170. The van der Waals surface area contributed by atoms with Crippen molar-refractivity contribution in [2.24, 2.45) is 0 Å².